The van der Waals surface area contributed by atoms with Crippen LogP contribution in [0.1, 0.15) is 16.2 Å². The van der Waals surface area contributed by atoms with Gasteiger partial charge >= 0.3 is 5.97 Å². The molecule has 2 aromatic rings. The van der Waals surface area contributed by atoms with Gasteiger partial charge in [0.15, 0.2) is 5.69 Å². The van der Waals surface area contributed by atoms with E-state index in [-0.39, 0.29) is 5.69 Å². The van der Waals surface area contributed by atoms with E-state index in [1.54, 1.807) is 31.5 Å². The Balaban J connectivity index is 2.31. The van der Waals surface area contributed by atoms with E-state index in [9.17, 15) is 4.79 Å². The van der Waals surface area contributed by atoms with E-state index < -0.39 is 5.97 Å². The standard InChI is InChI=1S/C12H9BrN2O3/c1-7-2-9(4-11(15-7)12(16)17)18-10-3-8(13)5-14-6-10/h2-6H,1H3,(H,16,17). The molecule has 0 aliphatic carbocycles. The van der Waals surface area contributed by atoms with Gasteiger partial charge in [0.05, 0.1) is 6.20 Å². The Morgan fingerprint density at radius 1 is 1.28 bits per heavy atom. The highest BCUT2D eigenvalue weighted by molar-refractivity contribution is 9.10. The van der Waals surface area contributed by atoms with Gasteiger partial charge in [0.1, 0.15) is 11.5 Å². The molecule has 0 unspecified atom stereocenters. The fraction of sp³-hybridized carbons (Fsp3) is 0.0833. The summed E-state index contributed by atoms with van der Waals surface area (Å²) >= 11 is 3.28. The number of ether oxygens (including phenoxy) is 1. The van der Waals surface area contributed by atoms with Gasteiger partial charge < -0.3 is 9.84 Å². The highest BCUT2D eigenvalue weighted by Gasteiger charge is 2.08. The minimum absolute atomic E-state index is 0.0482. The van der Waals surface area contributed by atoms with Gasteiger partial charge in [-0.25, -0.2) is 9.78 Å². The number of pyridine rings is 2. The first-order valence-electron chi connectivity index (χ1n) is 5.05. The number of carboxylic acids is 1. The topological polar surface area (TPSA) is 72.3 Å². The van der Waals surface area contributed by atoms with Crippen LogP contribution in [0.3, 0.4) is 0 Å². The lowest BCUT2D eigenvalue weighted by molar-refractivity contribution is 0.0690. The number of rotatable bonds is 3. The smallest absolute Gasteiger partial charge is 0.354 e. The number of halogens is 1. The van der Waals surface area contributed by atoms with Gasteiger partial charge in [-0.2, -0.15) is 0 Å². The predicted molar refractivity (Wildman–Crippen MR) is 67.9 cm³/mol. The Labute approximate surface area is 112 Å². The Bertz CT molecular complexity index is 602. The number of hydrogen-bond acceptors (Lipinski definition) is 4. The molecule has 0 aliphatic rings. The number of hydrogen-bond donors (Lipinski definition) is 1. The number of aromatic nitrogens is 2. The van der Waals surface area contributed by atoms with Gasteiger partial charge in [-0.1, -0.05) is 0 Å². The van der Waals surface area contributed by atoms with Gasteiger partial charge in [0.25, 0.3) is 0 Å². The van der Waals surface area contributed by atoms with Gasteiger partial charge in [-0.05, 0) is 28.9 Å². The van der Waals surface area contributed by atoms with Crippen LogP contribution in [0.25, 0.3) is 0 Å². The predicted octanol–water partition coefficient (Wildman–Crippen LogP) is 3.04. The van der Waals surface area contributed by atoms with Crippen molar-refractivity contribution in [3.63, 3.8) is 0 Å². The molecule has 92 valence electrons. The molecule has 5 nitrogen and oxygen atoms in total. The number of aromatic carboxylic acids is 1. The first-order valence-corrected chi connectivity index (χ1v) is 5.84. The number of carbonyl (C=O) groups is 1. The van der Waals surface area contributed by atoms with Crippen LogP contribution in [0.2, 0.25) is 0 Å². The third-order valence-electron chi connectivity index (χ3n) is 2.06. The summed E-state index contributed by atoms with van der Waals surface area (Å²) in [5.41, 5.74) is 0.529. The summed E-state index contributed by atoms with van der Waals surface area (Å²) in [7, 11) is 0. The molecule has 0 saturated carbocycles. The molecule has 1 N–H and O–H groups in total. The van der Waals surface area contributed by atoms with Crippen LogP contribution in [0, 0.1) is 6.92 Å². The van der Waals surface area contributed by atoms with Crippen LogP contribution in [-0.2, 0) is 0 Å². The van der Waals surface area contributed by atoms with E-state index in [0.717, 1.165) is 4.47 Å². The molecule has 2 rings (SSSR count). The molecule has 0 spiro atoms. The molecule has 0 fully saturated rings. The van der Waals surface area contributed by atoms with Crippen LogP contribution < -0.4 is 4.74 Å². The molecular formula is C12H9BrN2O3. The second-order valence-electron chi connectivity index (χ2n) is 3.58. The second-order valence-corrected chi connectivity index (χ2v) is 4.49. The Kier molecular flexibility index (Phi) is 3.57. The molecule has 6 heteroatoms. The summed E-state index contributed by atoms with van der Waals surface area (Å²) in [6.07, 6.45) is 3.17. The minimum Gasteiger partial charge on any atom is -0.477 e. The fourth-order valence-corrected chi connectivity index (χ4v) is 1.73. The van der Waals surface area contributed by atoms with Gasteiger partial charge in [-0.3, -0.25) is 4.98 Å². The van der Waals surface area contributed by atoms with Crippen LogP contribution in [0.4, 0.5) is 0 Å². The SMILES string of the molecule is Cc1cc(Oc2cncc(Br)c2)cc(C(=O)O)n1. The number of aryl methyl sites for hydroxylation is 1. The molecule has 0 amide bonds. The van der Waals surface area contributed by atoms with E-state index in [2.05, 4.69) is 25.9 Å². The monoisotopic (exact) mass is 308 g/mol. The Morgan fingerprint density at radius 3 is 2.72 bits per heavy atom. The van der Waals surface area contributed by atoms with Crippen molar-refractivity contribution in [2.24, 2.45) is 0 Å². The van der Waals surface area contributed by atoms with Crippen LogP contribution >= 0.6 is 15.9 Å². The maximum absolute atomic E-state index is 10.9. The zero-order chi connectivity index (χ0) is 13.1. The maximum Gasteiger partial charge on any atom is 0.354 e. The summed E-state index contributed by atoms with van der Waals surface area (Å²) in [5, 5.41) is 8.91. The van der Waals surface area contributed by atoms with Gasteiger partial charge in [0, 0.05) is 28.5 Å². The highest BCUT2D eigenvalue weighted by atomic mass is 79.9. The average molecular weight is 309 g/mol. The molecule has 0 atom stereocenters. The second kappa shape index (κ2) is 5.14. The number of carboxylic acid groups (broad SMARTS) is 1. The fourth-order valence-electron chi connectivity index (χ4n) is 1.39. The molecule has 2 aromatic heterocycles. The summed E-state index contributed by atoms with van der Waals surface area (Å²) in [6, 6.07) is 4.77. The highest BCUT2D eigenvalue weighted by Crippen LogP contribution is 2.24. The zero-order valence-electron chi connectivity index (χ0n) is 9.42. The van der Waals surface area contributed by atoms with Gasteiger partial charge in [-0.15, -0.1) is 0 Å². The quantitative estimate of drug-likeness (QED) is 0.943. The van der Waals surface area contributed by atoms with Crippen molar-refractivity contribution in [1.82, 2.24) is 9.97 Å². The third kappa shape index (κ3) is 3.04. The van der Waals surface area contributed by atoms with Crippen molar-refractivity contribution in [2.75, 3.05) is 0 Å². The summed E-state index contributed by atoms with van der Waals surface area (Å²) in [5.74, 6) is -0.151. The lowest BCUT2D eigenvalue weighted by Crippen LogP contribution is -2.02. The summed E-state index contributed by atoms with van der Waals surface area (Å²) < 4.78 is 6.32. The lowest BCUT2D eigenvalue weighted by atomic mass is 10.3. The van der Waals surface area contributed by atoms with Crippen LogP contribution in [0.5, 0.6) is 11.5 Å². The normalized spacial score (nSPS) is 10.1. The van der Waals surface area contributed by atoms with Crippen molar-refractivity contribution < 1.29 is 14.6 Å². The van der Waals surface area contributed by atoms with Crippen molar-refractivity contribution in [3.05, 3.63) is 46.5 Å². The van der Waals surface area contributed by atoms with Crippen molar-refractivity contribution in [1.29, 1.82) is 0 Å². The molecule has 0 bridgehead atoms. The first kappa shape index (κ1) is 12.5. The zero-order valence-corrected chi connectivity index (χ0v) is 11.0. The van der Waals surface area contributed by atoms with Crippen molar-refractivity contribution in [3.8, 4) is 11.5 Å². The Morgan fingerprint density at radius 2 is 2.06 bits per heavy atom. The molecule has 0 aromatic carbocycles. The van der Waals surface area contributed by atoms with E-state index in [1.807, 2.05) is 0 Å². The minimum atomic E-state index is -1.09. The molecule has 0 saturated heterocycles. The molecule has 0 radical (unpaired) electrons. The van der Waals surface area contributed by atoms with E-state index in [4.69, 9.17) is 9.84 Å². The Hall–Kier alpha value is -1.95. The number of nitrogens with zero attached hydrogens (tertiary/aromatic N) is 2. The molecule has 0 aliphatic heterocycles. The average Bonchev–Trinajstić information content (AvgIpc) is 2.28. The maximum atomic E-state index is 10.9. The van der Waals surface area contributed by atoms with E-state index in [0.29, 0.717) is 17.2 Å². The van der Waals surface area contributed by atoms with Crippen LogP contribution in [-0.4, -0.2) is 21.0 Å². The molecule has 2 heterocycles. The van der Waals surface area contributed by atoms with Crippen molar-refractivity contribution >= 4 is 21.9 Å². The van der Waals surface area contributed by atoms with E-state index in [1.165, 1.54) is 6.07 Å². The third-order valence-corrected chi connectivity index (χ3v) is 2.50. The van der Waals surface area contributed by atoms with Gasteiger partial charge in [0.2, 0.25) is 0 Å². The largest absolute Gasteiger partial charge is 0.477 e. The first-order chi connectivity index (χ1) is 8.54. The molecular weight excluding hydrogens is 300 g/mol. The van der Waals surface area contributed by atoms with Crippen LogP contribution in [0.15, 0.2) is 35.1 Å². The van der Waals surface area contributed by atoms with Crippen molar-refractivity contribution in [2.45, 2.75) is 6.92 Å². The summed E-state index contributed by atoms with van der Waals surface area (Å²) in [6.45, 7) is 1.71. The molecule has 18 heavy (non-hydrogen) atoms. The van der Waals surface area contributed by atoms with E-state index >= 15 is 0 Å². The summed E-state index contributed by atoms with van der Waals surface area (Å²) in [4.78, 5) is 18.7. The lowest BCUT2D eigenvalue weighted by Gasteiger charge is -2.07.